The molecule has 2 N–H and O–H groups in total. The predicted molar refractivity (Wildman–Crippen MR) is 65.6 cm³/mol. The number of nitrogens with two attached hydrogens (primary N) is 1. The predicted octanol–water partition coefficient (Wildman–Crippen LogP) is 1.29. The Bertz CT molecular complexity index is 482. The van der Waals surface area contributed by atoms with Crippen molar-refractivity contribution < 1.29 is 18.3 Å². The van der Waals surface area contributed by atoms with Gasteiger partial charge in [-0.05, 0) is 25.5 Å². The Morgan fingerprint density at radius 1 is 1.47 bits per heavy atom. The van der Waals surface area contributed by atoms with Crippen LogP contribution in [0.5, 0.6) is 5.75 Å². The quantitative estimate of drug-likeness (QED) is 0.900. The molecule has 1 saturated heterocycles. The summed E-state index contributed by atoms with van der Waals surface area (Å²) in [5.41, 5.74) is 5.73. The van der Waals surface area contributed by atoms with Crippen LogP contribution in [0.15, 0.2) is 18.2 Å². The van der Waals surface area contributed by atoms with Gasteiger partial charge < -0.3 is 15.4 Å². The molecular weight excluding hydrogens is 254 g/mol. The van der Waals surface area contributed by atoms with E-state index in [0.29, 0.717) is 13.1 Å². The molecule has 0 aliphatic carbocycles. The number of nitrogens with zero attached hydrogens (tertiary/aromatic N) is 1. The Morgan fingerprint density at radius 3 is 2.79 bits per heavy atom. The Balaban J connectivity index is 1.98. The average molecular weight is 270 g/mol. The van der Waals surface area contributed by atoms with Crippen LogP contribution in [0.4, 0.5) is 8.78 Å². The van der Waals surface area contributed by atoms with Crippen molar-refractivity contribution in [3.05, 3.63) is 29.8 Å². The molecule has 1 aliphatic rings. The molecule has 6 heteroatoms. The second-order valence-electron chi connectivity index (χ2n) is 4.67. The topological polar surface area (TPSA) is 55.6 Å². The number of hydrogen-bond acceptors (Lipinski definition) is 3. The van der Waals surface area contributed by atoms with Crippen LogP contribution < -0.4 is 10.5 Å². The van der Waals surface area contributed by atoms with Crippen molar-refractivity contribution in [2.75, 3.05) is 13.1 Å². The molecule has 1 aliphatic heterocycles. The summed E-state index contributed by atoms with van der Waals surface area (Å²) in [6.45, 7) is 2.68. The van der Waals surface area contributed by atoms with E-state index in [9.17, 15) is 13.6 Å². The van der Waals surface area contributed by atoms with Gasteiger partial charge in [0.05, 0.1) is 0 Å². The van der Waals surface area contributed by atoms with E-state index in [-0.39, 0.29) is 17.7 Å². The summed E-state index contributed by atoms with van der Waals surface area (Å²) in [7, 11) is 0. The van der Waals surface area contributed by atoms with Gasteiger partial charge in [-0.2, -0.15) is 0 Å². The molecule has 104 valence electrons. The lowest BCUT2D eigenvalue weighted by atomic mass is 10.3. The van der Waals surface area contributed by atoms with Gasteiger partial charge in [0.2, 0.25) is 0 Å². The molecular formula is C13H16F2N2O2. The monoisotopic (exact) mass is 270 g/mol. The van der Waals surface area contributed by atoms with Crippen LogP contribution >= 0.6 is 0 Å². The number of hydrogen-bond donors (Lipinski definition) is 1. The maximum absolute atomic E-state index is 13.0. The molecule has 0 bridgehead atoms. The summed E-state index contributed by atoms with van der Waals surface area (Å²) in [4.78, 5) is 13.6. The van der Waals surface area contributed by atoms with Crippen LogP contribution in [0.2, 0.25) is 0 Å². The zero-order valence-electron chi connectivity index (χ0n) is 10.6. The fourth-order valence-electron chi connectivity index (χ4n) is 2.05. The fourth-order valence-corrected chi connectivity index (χ4v) is 2.05. The summed E-state index contributed by atoms with van der Waals surface area (Å²) in [6.07, 6.45) is 0.0130. The highest BCUT2D eigenvalue weighted by molar-refractivity contribution is 5.81. The van der Waals surface area contributed by atoms with Crippen molar-refractivity contribution in [2.24, 2.45) is 5.73 Å². The lowest BCUT2D eigenvalue weighted by Gasteiger charge is -2.21. The van der Waals surface area contributed by atoms with Crippen LogP contribution in [-0.2, 0) is 4.79 Å². The van der Waals surface area contributed by atoms with Crippen molar-refractivity contribution in [3.63, 3.8) is 0 Å². The van der Waals surface area contributed by atoms with Gasteiger partial charge in [-0.15, -0.1) is 0 Å². The van der Waals surface area contributed by atoms with Crippen LogP contribution in [0.3, 0.4) is 0 Å². The molecule has 0 unspecified atom stereocenters. The number of halogens is 2. The molecule has 2 rings (SSSR count). The molecule has 1 aromatic carbocycles. The SMILES string of the molecule is C[C@@H](Oc1ccc(F)c(F)c1)C(=O)N1CC[C@@H](N)C1. The largest absolute Gasteiger partial charge is 0.481 e. The van der Waals surface area contributed by atoms with Gasteiger partial charge in [-0.3, -0.25) is 4.79 Å². The van der Waals surface area contributed by atoms with E-state index in [0.717, 1.165) is 18.6 Å². The molecule has 0 saturated carbocycles. The molecule has 4 nitrogen and oxygen atoms in total. The van der Waals surface area contributed by atoms with Crippen LogP contribution in [0.1, 0.15) is 13.3 Å². The molecule has 1 heterocycles. The van der Waals surface area contributed by atoms with E-state index in [4.69, 9.17) is 10.5 Å². The van der Waals surface area contributed by atoms with Crippen LogP contribution in [-0.4, -0.2) is 36.0 Å². The van der Waals surface area contributed by atoms with Gasteiger partial charge >= 0.3 is 0 Å². The number of amides is 1. The number of carbonyl (C=O) groups excluding carboxylic acids is 1. The first-order valence-electron chi connectivity index (χ1n) is 6.13. The van der Waals surface area contributed by atoms with Crippen LogP contribution in [0, 0.1) is 11.6 Å². The van der Waals surface area contributed by atoms with Crippen LogP contribution in [0.25, 0.3) is 0 Å². The molecule has 0 spiro atoms. The molecule has 1 amide bonds. The van der Waals surface area contributed by atoms with Crippen molar-refractivity contribution >= 4 is 5.91 Å². The third-order valence-electron chi connectivity index (χ3n) is 3.09. The van der Waals surface area contributed by atoms with Gasteiger partial charge in [-0.25, -0.2) is 8.78 Å². The molecule has 19 heavy (non-hydrogen) atoms. The highest BCUT2D eigenvalue weighted by atomic mass is 19.2. The number of likely N-dealkylation sites (tertiary alicyclic amines) is 1. The lowest BCUT2D eigenvalue weighted by molar-refractivity contribution is -0.136. The van der Waals surface area contributed by atoms with E-state index >= 15 is 0 Å². The number of carbonyl (C=O) groups is 1. The third kappa shape index (κ3) is 3.20. The van der Waals surface area contributed by atoms with E-state index in [1.165, 1.54) is 6.07 Å². The fraction of sp³-hybridized carbons (Fsp3) is 0.462. The van der Waals surface area contributed by atoms with Gasteiger partial charge in [0.25, 0.3) is 5.91 Å². The zero-order valence-corrected chi connectivity index (χ0v) is 10.6. The highest BCUT2D eigenvalue weighted by Crippen LogP contribution is 2.18. The maximum atomic E-state index is 13.0. The molecule has 1 aromatic rings. The Morgan fingerprint density at radius 2 is 2.21 bits per heavy atom. The van der Waals surface area contributed by atoms with Crippen molar-refractivity contribution in [3.8, 4) is 5.75 Å². The first-order valence-corrected chi connectivity index (χ1v) is 6.13. The molecule has 1 fully saturated rings. The minimum atomic E-state index is -1.000. The van der Waals surface area contributed by atoms with Crippen molar-refractivity contribution in [1.82, 2.24) is 4.90 Å². The second kappa shape index (κ2) is 5.52. The number of benzene rings is 1. The van der Waals surface area contributed by atoms with Crippen molar-refractivity contribution in [1.29, 1.82) is 0 Å². The second-order valence-corrected chi connectivity index (χ2v) is 4.67. The minimum absolute atomic E-state index is 0.000541. The molecule has 0 aromatic heterocycles. The zero-order chi connectivity index (χ0) is 14.0. The molecule has 2 atom stereocenters. The summed E-state index contributed by atoms with van der Waals surface area (Å²) < 4.78 is 31.1. The Hall–Kier alpha value is -1.69. The summed E-state index contributed by atoms with van der Waals surface area (Å²) >= 11 is 0. The Labute approximate surface area is 110 Å². The van der Waals surface area contributed by atoms with Gasteiger partial charge in [0.1, 0.15) is 5.75 Å². The first kappa shape index (κ1) is 13.7. The molecule has 0 radical (unpaired) electrons. The van der Waals surface area contributed by atoms with Gasteiger partial charge in [0, 0.05) is 25.2 Å². The highest BCUT2D eigenvalue weighted by Gasteiger charge is 2.28. The van der Waals surface area contributed by atoms with Gasteiger partial charge in [0.15, 0.2) is 17.7 Å². The first-order chi connectivity index (χ1) is 8.97. The normalized spacial score (nSPS) is 20.4. The third-order valence-corrected chi connectivity index (χ3v) is 3.09. The minimum Gasteiger partial charge on any atom is -0.481 e. The summed E-state index contributed by atoms with van der Waals surface area (Å²) in [5.74, 6) is -2.02. The Kier molecular flexibility index (Phi) is 3.99. The number of rotatable bonds is 3. The summed E-state index contributed by atoms with van der Waals surface area (Å²) in [6, 6.07) is 3.18. The van der Waals surface area contributed by atoms with Crippen molar-refractivity contribution in [2.45, 2.75) is 25.5 Å². The standard InChI is InChI=1S/C13H16F2N2O2/c1-8(13(18)17-5-4-9(16)7-17)19-10-2-3-11(14)12(15)6-10/h2-3,6,8-9H,4-5,7,16H2,1H3/t8-,9-/m1/s1. The number of ether oxygens (including phenoxy) is 1. The lowest BCUT2D eigenvalue weighted by Crippen LogP contribution is -2.40. The smallest absolute Gasteiger partial charge is 0.263 e. The average Bonchev–Trinajstić information content (AvgIpc) is 2.79. The maximum Gasteiger partial charge on any atom is 0.263 e. The van der Waals surface area contributed by atoms with E-state index < -0.39 is 17.7 Å². The van der Waals surface area contributed by atoms with E-state index in [1.54, 1.807) is 11.8 Å². The van der Waals surface area contributed by atoms with E-state index in [1.807, 2.05) is 0 Å². The summed E-state index contributed by atoms with van der Waals surface area (Å²) in [5, 5.41) is 0. The van der Waals surface area contributed by atoms with E-state index in [2.05, 4.69) is 0 Å². The van der Waals surface area contributed by atoms with Gasteiger partial charge in [-0.1, -0.05) is 0 Å².